The van der Waals surface area contributed by atoms with Crippen molar-refractivity contribution in [2.45, 2.75) is 5.75 Å². The van der Waals surface area contributed by atoms with Crippen LogP contribution >= 0.6 is 11.8 Å². The summed E-state index contributed by atoms with van der Waals surface area (Å²) in [5.41, 5.74) is 1.54. The molecular formula is C17H14F2N2OS. The molecule has 0 radical (unpaired) electrons. The van der Waals surface area contributed by atoms with Crippen LogP contribution in [0.2, 0.25) is 0 Å². The van der Waals surface area contributed by atoms with Gasteiger partial charge in [0.25, 0.3) is 5.91 Å². The van der Waals surface area contributed by atoms with E-state index in [2.05, 4.69) is 11.4 Å². The van der Waals surface area contributed by atoms with Crippen molar-refractivity contribution in [2.24, 2.45) is 0 Å². The van der Waals surface area contributed by atoms with E-state index in [9.17, 15) is 13.6 Å². The molecule has 0 unspecified atom stereocenters. The van der Waals surface area contributed by atoms with Crippen LogP contribution in [-0.2, 0) is 5.75 Å². The first kappa shape index (κ1) is 17.0. The number of halogens is 2. The summed E-state index contributed by atoms with van der Waals surface area (Å²) in [7, 11) is 0. The highest BCUT2D eigenvalue weighted by atomic mass is 32.2. The van der Waals surface area contributed by atoms with Crippen LogP contribution in [0.25, 0.3) is 0 Å². The van der Waals surface area contributed by atoms with Crippen LogP contribution < -0.4 is 5.32 Å². The molecule has 2 aromatic rings. The number of rotatable bonds is 6. The number of amides is 1. The molecular weight excluding hydrogens is 318 g/mol. The Morgan fingerprint density at radius 1 is 1.17 bits per heavy atom. The third-order valence-corrected chi connectivity index (χ3v) is 4.06. The number of nitrogens with one attached hydrogen (secondary N) is 1. The molecule has 0 spiro atoms. The van der Waals surface area contributed by atoms with Gasteiger partial charge in [-0.15, -0.1) is 0 Å². The van der Waals surface area contributed by atoms with E-state index in [-0.39, 0.29) is 5.56 Å². The Hall–Kier alpha value is -2.39. The third-order valence-electron chi connectivity index (χ3n) is 3.05. The van der Waals surface area contributed by atoms with Gasteiger partial charge in [-0.25, -0.2) is 8.78 Å². The number of nitrogens with zero attached hydrogens (tertiary/aromatic N) is 1. The van der Waals surface area contributed by atoms with Gasteiger partial charge in [-0.3, -0.25) is 4.79 Å². The lowest BCUT2D eigenvalue weighted by atomic mass is 10.1. The molecule has 23 heavy (non-hydrogen) atoms. The molecule has 0 aliphatic rings. The number of thioether (sulfide) groups is 1. The van der Waals surface area contributed by atoms with Crippen LogP contribution in [0.1, 0.15) is 21.5 Å². The molecule has 2 rings (SSSR count). The smallest absolute Gasteiger partial charge is 0.251 e. The fourth-order valence-corrected chi connectivity index (χ4v) is 2.82. The quantitative estimate of drug-likeness (QED) is 0.824. The zero-order valence-corrected chi connectivity index (χ0v) is 13.0. The second-order valence-corrected chi connectivity index (χ2v) is 5.84. The van der Waals surface area contributed by atoms with Crippen molar-refractivity contribution >= 4 is 17.7 Å². The van der Waals surface area contributed by atoms with Crippen LogP contribution in [-0.4, -0.2) is 18.2 Å². The fourth-order valence-electron chi connectivity index (χ4n) is 1.96. The van der Waals surface area contributed by atoms with Gasteiger partial charge < -0.3 is 5.32 Å². The Kier molecular flexibility index (Phi) is 6.12. The fraction of sp³-hybridized carbons (Fsp3) is 0.176. The largest absolute Gasteiger partial charge is 0.351 e. The molecule has 0 atom stereocenters. The highest BCUT2D eigenvalue weighted by Crippen LogP contribution is 2.15. The van der Waals surface area contributed by atoms with E-state index in [0.29, 0.717) is 23.6 Å². The van der Waals surface area contributed by atoms with E-state index in [1.165, 1.54) is 0 Å². The van der Waals surface area contributed by atoms with E-state index >= 15 is 0 Å². The Bertz CT molecular complexity index is 723. The molecule has 0 aromatic heterocycles. The molecule has 0 saturated heterocycles. The lowest BCUT2D eigenvalue weighted by molar-refractivity contribution is 0.0955. The molecule has 2 aromatic carbocycles. The minimum Gasteiger partial charge on any atom is -0.351 e. The molecule has 0 aliphatic heterocycles. The number of hydrogen-bond donors (Lipinski definition) is 1. The Labute approximate surface area is 137 Å². The first-order chi connectivity index (χ1) is 11.1. The van der Waals surface area contributed by atoms with Crippen molar-refractivity contribution < 1.29 is 13.6 Å². The zero-order valence-electron chi connectivity index (χ0n) is 12.2. The minimum absolute atomic E-state index is 0.0395. The van der Waals surface area contributed by atoms with E-state index in [0.717, 1.165) is 23.8 Å². The van der Waals surface area contributed by atoms with Crippen LogP contribution in [0.5, 0.6) is 0 Å². The van der Waals surface area contributed by atoms with E-state index < -0.39 is 17.5 Å². The molecule has 6 heteroatoms. The van der Waals surface area contributed by atoms with Gasteiger partial charge in [0.15, 0.2) is 0 Å². The van der Waals surface area contributed by atoms with Gasteiger partial charge in [-0.2, -0.15) is 17.0 Å². The predicted octanol–water partition coefficient (Wildman–Crippen LogP) is 3.50. The highest BCUT2D eigenvalue weighted by molar-refractivity contribution is 7.98. The molecule has 0 bridgehead atoms. The summed E-state index contributed by atoms with van der Waals surface area (Å²) in [6.45, 7) is 0.371. The molecule has 1 amide bonds. The molecule has 0 heterocycles. The first-order valence-corrected chi connectivity index (χ1v) is 8.05. The van der Waals surface area contributed by atoms with E-state index in [1.807, 2.05) is 18.2 Å². The zero-order chi connectivity index (χ0) is 16.7. The maximum absolute atomic E-state index is 13.0. The molecule has 118 valence electrons. The SMILES string of the molecule is N#Cc1ccccc1CSCCNC(=O)c1cc(F)cc(F)c1. The average Bonchev–Trinajstić information content (AvgIpc) is 2.53. The van der Waals surface area contributed by atoms with Crippen molar-refractivity contribution in [3.05, 3.63) is 70.8 Å². The summed E-state index contributed by atoms with van der Waals surface area (Å²) < 4.78 is 26.1. The number of hydrogen-bond acceptors (Lipinski definition) is 3. The Balaban J connectivity index is 1.77. The van der Waals surface area contributed by atoms with Crippen molar-refractivity contribution in [3.63, 3.8) is 0 Å². The third kappa shape index (κ3) is 5.08. The second-order valence-electron chi connectivity index (χ2n) is 4.74. The van der Waals surface area contributed by atoms with Gasteiger partial charge in [0, 0.05) is 29.7 Å². The van der Waals surface area contributed by atoms with Gasteiger partial charge in [0.2, 0.25) is 0 Å². The van der Waals surface area contributed by atoms with Gasteiger partial charge >= 0.3 is 0 Å². The van der Waals surface area contributed by atoms with Crippen molar-refractivity contribution in [2.75, 3.05) is 12.3 Å². The van der Waals surface area contributed by atoms with Crippen LogP contribution in [0.15, 0.2) is 42.5 Å². The summed E-state index contributed by atoms with van der Waals surface area (Å²) in [5, 5.41) is 11.6. The van der Waals surface area contributed by atoms with Crippen molar-refractivity contribution in [1.29, 1.82) is 5.26 Å². The standard InChI is InChI=1S/C17H14F2N2OS/c18-15-7-14(8-16(19)9-15)17(22)21-5-6-23-11-13-4-2-1-3-12(13)10-20/h1-4,7-9H,5-6,11H2,(H,21,22). The van der Waals surface area contributed by atoms with Crippen LogP contribution in [0, 0.1) is 23.0 Å². The van der Waals surface area contributed by atoms with Crippen molar-refractivity contribution in [3.8, 4) is 6.07 Å². The van der Waals surface area contributed by atoms with Crippen LogP contribution in [0.4, 0.5) is 8.78 Å². The summed E-state index contributed by atoms with van der Waals surface area (Å²) in [5.74, 6) is -0.783. The molecule has 1 N–H and O–H groups in total. The average molecular weight is 332 g/mol. The Morgan fingerprint density at radius 2 is 1.87 bits per heavy atom. The van der Waals surface area contributed by atoms with Gasteiger partial charge in [-0.1, -0.05) is 18.2 Å². The van der Waals surface area contributed by atoms with Gasteiger partial charge in [0.05, 0.1) is 11.6 Å². The maximum Gasteiger partial charge on any atom is 0.251 e. The summed E-state index contributed by atoms with van der Waals surface area (Å²) in [6, 6.07) is 12.2. The lowest BCUT2D eigenvalue weighted by Gasteiger charge is -2.06. The van der Waals surface area contributed by atoms with Gasteiger partial charge in [-0.05, 0) is 23.8 Å². The summed E-state index contributed by atoms with van der Waals surface area (Å²) in [4.78, 5) is 11.8. The lowest BCUT2D eigenvalue weighted by Crippen LogP contribution is -2.26. The topological polar surface area (TPSA) is 52.9 Å². The second kappa shape index (κ2) is 8.30. The molecule has 3 nitrogen and oxygen atoms in total. The molecule has 0 fully saturated rings. The molecule has 0 saturated carbocycles. The first-order valence-electron chi connectivity index (χ1n) is 6.90. The van der Waals surface area contributed by atoms with E-state index in [1.54, 1.807) is 17.8 Å². The number of carbonyl (C=O) groups excluding carboxylic acids is 1. The predicted molar refractivity (Wildman–Crippen MR) is 86.0 cm³/mol. The van der Waals surface area contributed by atoms with Crippen LogP contribution in [0.3, 0.4) is 0 Å². The highest BCUT2D eigenvalue weighted by Gasteiger charge is 2.08. The summed E-state index contributed by atoms with van der Waals surface area (Å²) >= 11 is 1.57. The van der Waals surface area contributed by atoms with Crippen molar-refractivity contribution in [1.82, 2.24) is 5.32 Å². The minimum atomic E-state index is -0.780. The number of carbonyl (C=O) groups is 1. The monoisotopic (exact) mass is 332 g/mol. The number of benzene rings is 2. The molecule has 0 aliphatic carbocycles. The van der Waals surface area contributed by atoms with E-state index in [4.69, 9.17) is 5.26 Å². The summed E-state index contributed by atoms with van der Waals surface area (Å²) in [6.07, 6.45) is 0. The maximum atomic E-state index is 13.0. The number of nitriles is 1. The normalized spacial score (nSPS) is 10.1. The Morgan fingerprint density at radius 3 is 2.57 bits per heavy atom. The van der Waals surface area contributed by atoms with Gasteiger partial charge in [0.1, 0.15) is 11.6 Å².